The summed E-state index contributed by atoms with van der Waals surface area (Å²) in [6.45, 7) is 2.03. The molecule has 0 bridgehead atoms. The number of anilines is 2. The van der Waals surface area contributed by atoms with Crippen molar-refractivity contribution in [3.63, 3.8) is 0 Å². The summed E-state index contributed by atoms with van der Waals surface area (Å²) in [7, 11) is 1.64. The minimum atomic E-state index is 0.627. The number of aromatic nitrogens is 5. The molecule has 2 aromatic heterocycles. The van der Waals surface area contributed by atoms with E-state index in [1.165, 1.54) is 4.63 Å². The van der Waals surface area contributed by atoms with Crippen molar-refractivity contribution >= 4 is 27.9 Å². The summed E-state index contributed by atoms with van der Waals surface area (Å²) in [5.41, 5.74) is 2.60. The molecule has 0 atom stereocenters. The lowest BCUT2D eigenvalue weighted by atomic mass is 10.1. The van der Waals surface area contributed by atoms with Gasteiger partial charge in [0.05, 0.1) is 12.8 Å². The van der Waals surface area contributed by atoms with Crippen molar-refractivity contribution in [2.24, 2.45) is 0 Å². The summed E-state index contributed by atoms with van der Waals surface area (Å²) in [6.07, 6.45) is 0. The highest BCUT2D eigenvalue weighted by Crippen LogP contribution is 2.31. The Hall–Kier alpha value is -3.22. The lowest BCUT2D eigenvalue weighted by molar-refractivity contribution is 0.416. The van der Waals surface area contributed by atoms with Gasteiger partial charge < -0.3 is 10.1 Å². The average molecular weight is 306 g/mol. The number of hydrogen-bond donors (Lipinski definition) is 1. The van der Waals surface area contributed by atoms with Crippen LogP contribution in [0.3, 0.4) is 0 Å². The number of hydrogen-bond acceptors (Lipinski definition) is 6. The molecule has 0 aliphatic heterocycles. The van der Waals surface area contributed by atoms with Crippen LogP contribution in [0.1, 0.15) is 5.56 Å². The molecule has 0 aliphatic rings. The predicted molar refractivity (Wildman–Crippen MR) is 87.1 cm³/mol. The fraction of sp³-hybridized carbons (Fsp3) is 0.125. The van der Waals surface area contributed by atoms with Gasteiger partial charge in [-0.1, -0.05) is 30.3 Å². The van der Waals surface area contributed by atoms with E-state index in [2.05, 4.69) is 25.9 Å². The Bertz CT molecular complexity index is 1010. The number of rotatable bonds is 3. The van der Waals surface area contributed by atoms with Crippen LogP contribution in [0.25, 0.3) is 16.4 Å². The van der Waals surface area contributed by atoms with E-state index in [0.29, 0.717) is 11.5 Å². The first-order valence-electron chi connectivity index (χ1n) is 7.15. The van der Waals surface area contributed by atoms with Crippen LogP contribution in [-0.4, -0.2) is 32.4 Å². The van der Waals surface area contributed by atoms with Gasteiger partial charge in [-0.3, -0.25) is 0 Å². The van der Waals surface area contributed by atoms with Crippen molar-refractivity contribution in [2.75, 3.05) is 12.4 Å². The average Bonchev–Trinajstić information content (AvgIpc) is 3.04. The van der Waals surface area contributed by atoms with Gasteiger partial charge in [0.2, 0.25) is 5.65 Å². The molecule has 1 N–H and O–H groups in total. The van der Waals surface area contributed by atoms with Gasteiger partial charge in [-0.05, 0) is 35.0 Å². The van der Waals surface area contributed by atoms with E-state index >= 15 is 0 Å². The smallest absolute Gasteiger partial charge is 0.207 e. The fourth-order valence-corrected chi connectivity index (χ4v) is 2.58. The summed E-state index contributed by atoms with van der Waals surface area (Å²) >= 11 is 0. The molecule has 7 nitrogen and oxygen atoms in total. The maximum atomic E-state index is 5.42. The molecule has 4 aromatic rings. The van der Waals surface area contributed by atoms with Crippen LogP contribution in [-0.2, 0) is 0 Å². The zero-order chi connectivity index (χ0) is 15.8. The molecule has 0 aliphatic carbocycles. The fourth-order valence-electron chi connectivity index (χ4n) is 2.58. The van der Waals surface area contributed by atoms with E-state index in [9.17, 15) is 0 Å². The van der Waals surface area contributed by atoms with Crippen molar-refractivity contribution in [3.05, 3.63) is 48.0 Å². The SMILES string of the molecule is COc1ccc(C)cc1Nc1nn2nnnc2c2ccccc12. The van der Waals surface area contributed by atoms with Crippen molar-refractivity contribution in [3.8, 4) is 5.75 Å². The molecule has 2 heterocycles. The van der Waals surface area contributed by atoms with E-state index in [4.69, 9.17) is 4.74 Å². The Balaban J connectivity index is 1.93. The minimum absolute atomic E-state index is 0.627. The lowest BCUT2D eigenvalue weighted by Gasteiger charge is -2.13. The molecule has 23 heavy (non-hydrogen) atoms. The molecule has 0 amide bonds. The van der Waals surface area contributed by atoms with E-state index in [-0.39, 0.29) is 0 Å². The first-order valence-corrected chi connectivity index (χ1v) is 7.15. The first kappa shape index (κ1) is 13.4. The molecule has 0 unspecified atom stereocenters. The largest absolute Gasteiger partial charge is 0.495 e. The number of benzene rings is 2. The van der Waals surface area contributed by atoms with Crippen molar-refractivity contribution in [1.82, 2.24) is 25.3 Å². The van der Waals surface area contributed by atoms with E-state index in [1.807, 2.05) is 49.4 Å². The normalized spacial score (nSPS) is 11.0. The Kier molecular flexibility index (Phi) is 3.04. The number of ether oxygens (including phenoxy) is 1. The second-order valence-corrected chi connectivity index (χ2v) is 5.21. The maximum Gasteiger partial charge on any atom is 0.207 e. The summed E-state index contributed by atoms with van der Waals surface area (Å²) in [6, 6.07) is 13.8. The quantitative estimate of drug-likeness (QED) is 0.627. The molecular weight excluding hydrogens is 292 g/mol. The van der Waals surface area contributed by atoms with Crippen LogP contribution >= 0.6 is 0 Å². The summed E-state index contributed by atoms with van der Waals surface area (Å²) in [5.74, 6) is 1.42. The second kappa shape index (κ2) is 5.20. The molecule has 0 spiro atoms. The van der Waals surface area contributed by atoms with Crippen molar-refractivity contribution < 1.29 is 4.74 Å². The van der Waals surface area contributed by atoms with Crippen LogP contribution < -0.4 is 10.1 Å². The van der Waals surface area contributed by atoms with Gasteiger partial charge in [0.25, 0.3) is 0 Å². The van der Waals surface area contributed by atoms with Crippen LogP contribution in [0.15, 0.2) is 42.5 Å². The Morgan fingerprint density at radius 2 is 1.91 bits per heavy atom. The van der Waals surface area contributed by atoms with E-state index < -0.39 is 0 Å². The number of nitrogens with zero attached hydrogens (tertiary/aromatic N) is 5. The first-order chi connectivity index (χ1) is 11.3. The number of aryl methyl sites for hydroxylation is 1. The predicted octanol–water partition coefficient (Wildman–Crippen LogP) is 2.73. The summed E-state index contributed by atoms with van der Waals surface area (Å²) in [5, 5.41) is 21.3. The molecule has 0 saturated heterocycles. The third-order valence-electron chi connectivity index (χ3n) is 3.68. The highest BCUT2D eigenvalue weighted by molar-refractivity contribution is 6.00. The molecular formula is C16H14N6O. The third-order valence-corrected chi connectivity index (χ3v) is 3.68. The molecule has 0 fully saturated rings. The monoisotopic (exact) mass is 306 g/mol. The number of methoxy groups -OCH3 is 1. The molecule has 4 rings (SSSR count). The van der Waals surface area contributed by atoms with Crippen LogP contribution in [0, 0.1) is 6.92 Å². The second-order valence-electron chi connectivity index (χ2n) is 5.21. The summed E-state index contributed by atoms with van der Waals surface area (Å²) in [4.78, 5) is 0. The zero-order valence-corrected chi connectivity index (χ0v) is 12.7. The zero-order valence-electron chi connectivity index (χ0n) is 12.7. The molecule has 0 saturated carbocycles. The van der Waals surface area contributed by atoms with Gasteiger partial charge in [-0.15, -0.1) is 14.8 Å². The number of nitrogens with one attached hydrogen (secondary N) is 1. The van der Waals surface area contributed by atoms with Gasteiger partial charge in [0, 0.05) is 10.8 Å². The highest BCUT2D eigenvalue weighted by atomic mass is 16.5. The number of fused-ring (bicyclic) bond motifs is 3. The molecule has 7 heteroatoms. The van der Waals surface area contributed by atoms with Crippen molar-refractivity contribution in [2.45, 2.75) is 6.92 Å². The Labute approximate surface area is 131 Å². The Morgan fingerprint density at radius 1 is 1.09 bits per heavy atom. The lowest BCUT2D eigenvalue weighted by Crippen LogP contribution is -2.03. The van der Waals surface area contributed by atoms with Gasteiger partial charge >= 0.3 is 0 Å². The van der Waals surface area contributed by atoms with Gasteiger partial charge in [0.15, 0.2) is 5.82 Å². The minimum Gasteiger partial charge on any atom is -0.495 e. The molecule has 114 valence electrons. The maximum absolute atomic E-state index is 5.42. The highest BCUT2D eigenvalue weighted by Gasteiger charge is 2.12. The third kappa shape index (κ3) is 2.22. The van der Waals surface area contributed by atoms with Gasteiger partial charge in [0.1, 0.15) is 5.75 Å². The summed E-state index contributed by atoms with van der Waals surface area (Å²) < 4.78 is 6.84. The van der Waals surface area contributed by atoms with Crippen LogP contribution in [0.2, 0.25) is 0 Å². The van der Waals surface area contributed by atoms with Gasteiger partial charge in [-0.2, -0.15) is 0 Å². The van der Waals surface area contributed by atoms with E-state index in [0.717, 1.165) is 27.8 Å². The van der Waals surface area contributed by atoms with Crippen molar-refractivity contribution in [1.29, 1.82) is 0 Å². The van der Waals surface area contributed by atoms with Crippen LogP contribution in [0.5, 0.6) is 5.75 Å². The van der Waals surface area contributed by atoms with Gasteiger partial charge in [-0.25, -0.2) is 0 Å². The van der Waals surface area contributed by atoms with E-state index in [1.54, 1.807) is 7.11 Å². The molecule has 0 radical (unpaired) electrons. The standard InChI is InChI=1S/C16H14N6O/c1-10-7-8-14(23-2)13(9-10)17-15-11-5-3-4-6-12(11)16-18-20-21-22(16)19-15/h3-9H,1-2H3,(H,17,19). The van der Waals surface area contributed by atoms with Crippen LogP contribution in [0.4, 0.5) is 11.5 Å². The number of tetrazole rings is 1. The molecule has 2 aromatic carbocycles. The topological polar surface area (TPSA) is 77.2 Å². The Morgan fingerprint density at radius 3 is 2.74 bits per heavy atom.